The first-order valence-electron chi connectivity index (χ1n) is 7.44. The molecular formula is C18H12BNO3. The first-order valence-corrected chi connectivity index (χ1v) is 7.44. The molecule has 0 radical (unpaired) electrons. The zero-order valence-corrected chi connectivity index (χ0v) is 12.1. The van der Waals surface area contributed by atoms with Gasteiger partial charge in [0.15, 0.2) is 11.5 Å². The molecule has 4 nitrogen and oxygen atoms in total. The summed E-state index contributed by atoms with van der Waals surface area (Å²) in [5.41, 5.74) is 3.46. The number of hydrogen-bond donors (Lipinski definition) is 2. The fourth-order valence-corrected chi connectivity index (χ4v) is 3.40. The Morgan fingerprint density at radius 2 is 1.65 bits per heavy atom. The van der Waals surface area contributed by atoms with Crippen LogP contribution in [0.4, 0.5) is 0 Å². The van der Waals surface area contributed by atoms with Gasteiger partial charge in [-0.2, -0.15) is 0 Å². The topological polar surface area (TPSA) is 54.6 Å². The Labute approximate surface area is 132 Å². The molecule has 2 N–H and O–H groups in total. The fraction of sp³-hybridized carbons (Fsp3) is 0. The number of hydrogen-bond acceptors (Lipinski definition) is 3. The van der Waals surface area contributed by atoms with E-state index in [9.17, 15) is 10.0 Å². The Hall–Kier alpha value is -2.76. The lowest BCUT2D eigenvalue weighted by Gasteiger charge is -2.21. The molecule has 3 aromatic carbocycles. The highest BCUT2D eigenvalue weighted by molar-refractivity contribution is 6.58. The van der Waals surface area contributed by atoms with Crippen LogP contribution in [-0.4, -0.2) is 21.7 Å². The van der Waals surface area contributed by atoms with Gasteiger partial charge in [0.05, 0.1) is 16.7 Å². The highest BCUT2D eigenvalue weighted by Crippen LogP contribution is 2.44. The molecule has 0 amide bonds. The van der Waals surface area contributed by atoms with E-state index in [4.69, 9.17) is 4.74 Å². The van der Waals surface area contributed by atoms with E-state index < -0.39 is 7.12 Å². The van der Waals surface area contributed by atoms with Gasteiger partial charge in [-0.3, -0.25) is 0 Å². The van der Waals surface area contributed by atoms with Gasteiger partial charge in [-0.25, -0.2) is 0 Å². The van der Waals surface area contributed by atoms with Crippen LogP contribution in [0.15, 0.2) is 60.7 Å². The van der Waals surface area contributed by atoms with Crippen molar-refractivity contribution in [3.05, 3.63) is 60.7 Å². The Balaban J connectivity index is 1.95. The number of nitrogens with zero attached hydrogens (tertiary/aromatic N) is 1. The molecule has 110 valence electrons. The molecule has 0 aliphatic carbocycles. The number of ether oxygens (including phenoxy) is 1. The predicted molar refractivity (Wildman–Crippen MR) is 90.7 cm³/mol. The zero-order valence-electron chi connectivity index (χ0n) is 12.1. The monoisotopic (exact) mass is 301 g/mol. The summed E-state index contributed by atoms with van der Waals surface area (Å²) < 4.78 is 8.20. The van der Waals surface area contributed by atoms with Crippen molar-refractivity contribution in [2.24, 2.45) is 0 Å². The number of aromatic nitrogens is 1. The second kappa shape index (κ2) is 4.38. The van der Waals surface area contributed by atoms with Gasteiger partial charge in [0.2, 0.25) is 0 Å². The van der Waals surface area contributed by atoms with Crippen LogP contribution in [0.3, 0.4) is 0 Å². The molecule has 0 atom stereocenters. The second-order valence-corrected chi connectivity index (χ2v) is 5.71. The lowest BCUT2D eigenvalue weighted by atomic mass is 9.80. The standard InChI is InChI=1S/C18H12BNO3/c21-19(22)11-8-9-15-17(10-11)23-16-7-3-5-13-12-4-1-2-6-14(12)20(15)18(13)16/h1-10,21-22H. The van der Waals surface area contributed by atoms with Crippen molar-refractivity contribution in [3.8, 4) is 17.2 Å². The summed E-state index contributed by atoms with van der Waals surface area (Å²) in [6.07, 6.45) is 0. The summed E-state index contributed by atoms with van der Waals surface area (Å²) >= 11 is 0. The molecule has 0 unspecified atom stereocenters. The molecule has 0 fully saturated rings. The van der Waals surface area contributed by atoms with Crippen molar-refractivity contribution in [1.82, 2.24) is 4.57 Å². The molecule has 0 saturated heterocycles. The molecule has 1 aliphatic rings. The van der Waals surface area contributed by atoms with E-state index in [-0.39, 0.29) is 0 Å². The Bertz CT molecular complexity index is 1080. The van der Waals surface area contributed by atoms with E-state index in [2.05, 4.69) is 22.8 Å². The summed E-state index contributed by atoms with van der Waals surface area (Å²) in [5.74, 6) is 1.40. The van der Waals surface area contributed by atoms with E-state index in [1.807, 2.05) is 30.3 Å². The van der Waals surface area contributed by atoms with Crippen LogP contribution in [-0.2, 0) is 0 Å². The van der Waals surface area contributed by atoms with Gasteiger partial charge in [0, 0.05) is 10.8 Å². The Morgan fingerprint density at radius 3 is 2.52 bits per heavy atom. The van der Waals surface area contributed by atoms with Gasteiger partial charge in [-0.15, -0.1) is 0 Å². The molecule has 23 heavy (non-hydrogen) atoms. The number of benzene rings is 3. The minimum atomic E-state index is -1.51. The molecule has 5 rings (SSSR count). The number of fused-ring (bicyclic) bond motifs is 5. The molecule has 4 aromatic rings. The number of para-hydroxylation sites is 2. The summed E-state index contributed by atoms with van der Waals surface area (Å²) in [5, 5.41) is 21.1. The van der Waals surface area contributed by atoms with E-state index >= 15 is 0 Å². The summed E-state index contributed by atoms with van der Waals surface area (Å²) in [6, 6.07) is 19.5. The molecule has 5 heteroatoms. The average molecular weight is 301 g/mol. The van der Waals surface area contributed by atoms with E-state index in [0.717, 1.165) is 27.9 Å². The smallest absolute Gasteiger partial charge is 0.453 e. The maximum Gasteiger partial charge on any atom is 0.488 e. The number of rotatable bonds is 1. The molecule has 0 bridgehead atoms. The normalized spacial score (nSPS) is 12.3. The van der Waals surface area contributed by atoms with Crippen molar-refractivity contribution in [2.45, 2.75) is 0 Å². The first kappa shape index (κ1) is 12.8. The third kappa shape index (κ3) is 1.63. The lowest BCUT2D eigenvalue weighted by molar-refractivity contribution is 0.425. The maximum atomic E-state index is 9.40. The van der Waals surface area contributed by atoms with Crippen LogP contribution < -0.4 is 10.2 Å². The molecule has 2 heterocycles. The van der Waals surface area contributed by atoms with Crippen molar-refractivity contribution < 1.29 is 14.8 Å². The maximum absolute atomic E-state index is 9.40. The summed E-state index contributed by atoms with van der Waals surface area (Å²) in [4.78, 5) is 0. The SMILES string of the molecule is OB(O)c1ccc2c(c1)Oc1cccc3c4ccccc4n-2c13. The van der Waals surface area contributed by atoms with Crippen molar-refractivity contribution >= 4 is 34.4 Å². The molecule has 1 aromatic heterocycles. The average Bonchev–Trinajstić information content (AvgIpc) is 2.91. The van der Waals surface area contributed by atoms with Gasteiger partial charge in [0.1, 0.15) is 0 Å². The minimum absolute atomic E-state index is 0.413. The van der Waals surface area contributed by atoms with Crippen molar-refractivity contribution in [2.75, 3.05) is 0 Å². The minimum Gasteiger partial charge on any atom is -0.453 e. The summed E-state index contributed by atoms with van der Waals surface area (Å²) in [6.45, 7) is 0. The van der Waals surface area contributed by atoms with Crippen molar-refractivity contribution in [3.63, 3.8) is 0 Å². The quantitative estimate of drug-likeness (QED) is 0.468. The zero-order chi connectivity index (χ0) is 15.6. The van der Waals surface area contributed by atoms with Crippen LogP contribution in [0.1, 0.15) is 0 Å². The Kier molecular flexibility index (Phi) is 2.43. The molecule has 0 spiro atoms. The molecule has 0 saturated carbocycles. The van der Waals surface area contributed by atoms with Gasteiger partial charge in [0.25, 0.3) is 0 Å². The molecular weight excluding hydrogens is 289 g/mol. The van der Waals surface area contributed by atoms with Crippen LogP contribution >= 0.6 is 0 Å². The van der Waals surface area contributed by atoms with Crippen LogP contribution in [0.25, 0.3) is 27.5 Å². The van der Waals surface area contributed by atoms with Gasteiger partial charge >= 0.3 is 7.12 Å². The van der Waals surface area contributed by atoms with Gasteiger partial charge in [-0.1, -0.05) is 36.4 Å². The van der Waals surface area contributed by atoms with Gasteiger partial charge in [-0.05, 0) is 29.7 Å². The first-order chi connectivity index (χ1) is 11.2. The van der Waals surface area contributed by atoms with Crippen LogP contribution in [0.5, 0.6) is 11.5 Å². The van der Waals surface area contributed by atoms with Crippen molar-refractivity contribution in [1.29, 1.82) is 0 Å². The Morgan fingerprint density at radius 1 is 0.826 bits per heavy atom. The van der Waals surface area contributed by atoms with E-state index in [1.54, 1.807) is 12.1 Å². The fourth-order valence-electron chi connectivity index (χ4n) is 3.40. The van der Waals surface area contributed by atoms with E-state index in [1.165, 1.54) is 5.39 Å². The third-order valence-electron chi connectivity index (χ3n) is 4.40. The van der Waals surface area contributed by atoms with Crippen LogP contribution in [0.2, 0.25) is 0 Å². The highest BCUT2D eigenvalue weighted by Gasteiger charge is 2.24. The summed E-state index contributed by atoms with van der Waals surface area (Å²) in [7, 11) is -1.51. The highest BCUT2D eigenvalue weighted by atomic mass is 16.5. The van der Waals surface area contributed by atoms with Gasteiger partial charge < -0.3 is 19.4 Å². The van der Waals surface area contributed by atoms with E-state index in [0.29, 0.717) is 11.2 Å². The molecule has 1 aliphatic heterocycles. The van der Waals surface area contributed by atoms with Crippen LogP contribution in [0, 0.1) is 0 Å². The second-order valence-electron chi connectivity index (χ2n) is 5.71. The third-order valence-corrected chi connectivity index (χ3v) is 4.40. The predicted octanol–water partition coefficient (Wildman–Crippen LogP) is 2.57. The largest absolute Gasteiger partial charge is 0.488 e. The lowest BCUT2D eigenvalue weighted by Crippen LogP contribution is -2.30.